The summed E-state index contributed by atoms with van der Waals surface area (Å²) in [5.41, 5.74) is 0.267. The average molecular weight is 249 g/mol. The van der Waals surface area contributed by atoms with Gasteiger partial charge in [0.05, 0.1) is 12.2 Å². The Balaban J connectivity index is 2.57. The minimum Gasteiger partial charge on any atom is -0.350 e. The quantitative estimate of drug-likeness (QED) is 0.773. The van der Waals surface area contributed by atoms with Crippen LogP contribution >= 0.6 is 12.6 Å². The van der Waals surface area contributed by atoms with Crippen LogP contribution in [0, 0.1) is 0 Å². The van der Waals surface area contributed by atoms with E-state index in [1.807, 2.05) is 0 Å². The lowest BCUT2D eigenvalue weighted by Crippen LogP contribution is -2.23. The summed E-state index contributed by atoms with van der Waals surface area (Å²) in [5.74, 6) is 0.300. The van der Waals surface area contributed by atoms with Gasteiger partial charge in [0.2, 0.25) is 5.91 Å². The molecule has 1 amide bonds. The molecule has 1 N–H and O–H groups in total. The Kier molecular flexibility index (Phi) is 4.72. The molecule has 0 aliphatic rings. The van der Waals surface area contributed by atoms with E-state index >= 15 is 0 Å². The molecule has 1 rings (SSSR count). The van der Waals surface area contributed by atoms with Gasteiger partial charge >= 0.3 is 0 Å². The first-order valence-corrected chi connectivity index (χ1v) is 5.36. The third kappa shape index (κ3) is 3.48. The number of hydrogen-bond donors (Lipinski definition) is 2. The fourth-order valence-electron chi connectivity index (χ4n) is 1.18. The Labute approximate surface area is 97.4 Å². The van der Waals surface area contributed by atoms with Crippen molar-refractivity contribution in [1.82, 2.24) is 15.1 Å². The van der Waals surface area contributed by atoms with E-state index in [1.165, 1.54) is 10.7 Å². The van der Waals surface area contributed by atoms with Crippen molar-refractivity contribution in [3.8, 4) is 0 Å². The first kappa shape index (κ1) is 13.0. The number of carbonyl (C=O) groups is 1. The Morgan fingerprint density at radius 3 is 2.88 bits per heavy atom. The molecule has 0 spiro atoms. The molecule has 0 aromatic carbocycles. The topological polar surface area (TPSA) is 46.9 Å². The molecule has 0 radical (unpaired) electrons. The summed E-state index contributed by atoms with van der Waals surface area (Å²) in [6, 6.07) is 1.28. The van der Waals surface area contributed by atoms with Gasteiger partial charge in [0, 0.05) is 13.5 Å². The highest BCUT2D eigenvalue weighted by Gasteiger charge is 2.13. The second-order valence-corrected chi connectivity index (χ2v) is 3.68. The van der Waals surface area contributed by atoms with Gasteiger partial charge in [-0.05, 0) is 11.8 Å². The zero-order valence-electron chi connectivity index (χ0n) is 8.78. The molecule has 0 unspecified atom stereocenters. The van der Waals surface area contributed by atoms with Crippen LogP contribution in [0.1, 0.15) is 24.2 Å². The van der Waals surface area contributed by atoms with Gasteiger partial charge in [0.25, 0.3) is 6.43 Å². The molecule has 7 heteroatoms. The number of carbonyl (C=O) groups excluding carboxylic acids is 1. The van der Waals surface area contributed by atoms with Gasteiger partial charge < -0.3 is 5.32 Å². The molecule has 1 aromatic heterocycles. The molecule has 90 valence electrons. The van der Waals surface area contributed by atoms with Crippen LogP contribution < -0.4 is 5.32 Å². The van der Waals surface area contributed by atoms with Crippen molar-refractivity contribution in [1.29, 1.82) is 0 Å². The van der Waals surface area contributed by atoms with E-state index in [-0.39, 0.29) is 18.1 Å². The second kappa shape index (κ2) is 5.83. The number of thiol groups is 1. The largest absolute Gasteiger partial charge is 0.350 e. The highest BCUT2D eigenvalue weighted by molar-refractivity contribution is 7.80. The third-order valence-corrected chi connectivity index (χ3v) is 2.25. The second-order valence-electron chi connectivity index (χ2n) is 3.24. The van der Waals surface area contributed by atoms with Crippen LogP contribution in [0.5, 0.6) is 0 Å². The molecule has 4 nitrogen and oxygen atoms in total. The molecule has 0 bridgehead atoms. The van der Waals surface area contributed by atoms with Crippen LogP contribution in [0.15, 0.2) is 6.07 Å². The van der Waals surface area contributed by atoms with Gasteiger partial charge in [-0.2, -0.15) is 17.7 Å². The normalized spacial score (nSPS) is 10.8. The summed E-state index contributed by atoms with van der Waals surface area (Å²) < 4.78 is 25.9. The summed E-state index contributed by atoms with van der Waals surface area (Å²) >= 11 is 3.91. The van der Waals surface area contributed by atoms with Gasteiger partial charge in [-0.1, -0.05) is 0 Å². The highest BCUT2D eigenvalue weighted by atomic mass is 32.1. The van der Waals surface area contributed by atoms with Gasteiger partial charge in [-0.3, -0.25) is 9.48 Å². The predicted octanol–water partition coefficient (Wildman–Crippen LogP) is 1.29. The van der Waals surface area contributed by atoms with Crippen molar-refractivity contribution in [3.05, 3.63) is 17.5 Å². The number of amides is 1. The summed E-state index contributed by atoms with van der Waals surface area (Å²) in [6.45, 7) is 0.197. The summed E-state index contributed by atoms with van der Waals surface area (Å²) in [4.78, 5) is 11.1. The molecule has 16 heavy (non-hydrogen) atoms. The SMILES string of the molecule is Cn1nc(C(F)F)cc1CNC(=O)CCS. The number of aromatic nitrogens is 2. The third-order valence-electron chi connectivity index (χ3n) is 2.02. The van der Waals surface area contributed by atoms with E-state index in [0.717, 1.165) is 0 Å². The number of alkyl halides is 2. The van der Waals surface area contributed by atoms with Crippen LogP contribution in [0.2, 0.25) is 0 Å². The van der Waals surface area contributed by atoms with E-state index in [4.69, 9.17) is 0 Å². The maximum Gasteiger partial charge on any atom is 0.282 e. The highest BCUT2D eigenvalue weighted by Crippen LogP contribution is 2.17. The fraction of sp³-hybridized carbons (Fsp3) is 0.556. The average Bonchev–Trinajstić information content (AvgIpc) is 2.58. The first-order chi connectivity index (χ1) is 7.54. The lowest BCUT2D eigenvalue weighted by molar-refractivity contribution is -0.120. The number of rotatable bonds is 5. The van der Waals surface area contributed by atoms with Crippen LogP contribution in [0.3, 0.4) is 0 Å². The molecule has 1 aromatic rings. The van der Waals surface area contributed by atoms with Crippen LogP contribution in [-0.2, 0) is 18.4 Å². The Hall–Kier alpha value is -1.11. The van der Waals surface area contributed by atoms with Gasteiger partial charge in [-0.15, -0.1) is 0 Å². The zero-order valence-corrected chi connectivity index (χ0v) is 9.68. The minimum absolute atomic E-state index is 0.158. The minimum atomic E-state index is -2.59. The molecular weight excluding hydrogens is 236 g/mol. The number of aryl methyl sites for hydroxylation is 1. The molecule has 0 saturated heterocycles. The van der Waals surface area contributed by atoms with Gasteiger partial charge in [-0.25, -0.2) is 8.78 Å². The fourth-order valence-corrected chi connectivity index (χ4v) is 1.38. The van der Waals surface area contributed by atoms with E-state index in [2.05, 4.69) is 23.0 Å². The van der Waals surface area contributed by atoms with Crippen molar-refractivity contribution in [3.63, 3.8) is 0 Å². The summed E-state index contributed by atoms with van der Waals surface area (Å²) in [5, 5.41) is 6.23. The van der Waals surface area contributed by atoms with Crippen LogP contribution in [0.4, 0.5) is 8.78 Å². The number of halogens is 2. The van der Waals surface area contributed by atoms with Gasteiger partial charge in [0.1, 0.15) is 5.69 Å². The first-order valence-electron chi connectivity index (χ1n) is 4.73. The van der Waals surface area contributed by atoms with E-state index in [9.17, 15) is 13.6 Å². The smallest absolute Gasteiger partial charge is 0.282 e. The van der Waals surface area contributed by atoms with Gasteiger partial charge in [0.15, 0.2) is 0 Å². The number of hydrogen-bond acceptors (Lipinski definition) is 3. The molecule has 0 aliphatic carbocycles. The molecule has 0 fully saturated rings. The number of nitrogens with one attached hydrogen (secondary N) is 1. The van der Waals surface area contributed by atoms with Crippen molar-refractivity contribution < 1.29 is 13.6 Å². The summed E-state index contributed by atoms with van der Waals surface area (Å²) in [6.07, 6.45) is -2.28. The maximum absolute atomic E-state index is 12.3. The molecular formula is C9H13F2N3OS. The van der Waals surface area contributed by atoms with Crippen LogP contribution in [0.25, 0.3) is 0 Å². The Morgan fingerprint density at radius 1 is 1.69 bits per heavy atom. The van der Waals surface area contributed by atoms with Crippen molar-refractivity contribution in [2.45, 2.75) is 19.4 Å². The predicted molar refractivity (Wildman–Crippen MR) is 58.5 cm³/mol. The van der Waals surface area contributed by atoms with Crippen molar-refractivity contribution in [2.75, 3.05) is 5.75 Å². The summed E-state index contributed by atoms with van der Waals surface area (Å²) in [7, 11) is 1.56. The molecule has 1 heterocycles. The lowest BCUT2D eigenvalue weighted by Gasteiger charge is -2.03. The van der Waals surface area contributed by atoms with Crippen molar-refractivity contribution >= 4 is 18.5 Å². The van der Waals surface area contributed by atoms with E-state index < -0.39 is 6.43 Å². The molecule has 0 atom stereocenters. The molecule has 0 aliphatic heterocycles. The molecule has 0 saturated carbocycles. The number of nitrogens with zero attached hydrogens (tertiary/aromatic N) is 2. The lowest BCUT2D eigenvalue weighted by atomic mass is 10.3. The Bertz CT molecular complexity index is 368. The standard InChI is InChI=1S/C9H13F2N3OS/c1-14-6(4-7(13-14)9(10)11)5-12-8(15)2-3-16/h4,9,16H,2-3,5H2,1H3,(H,12,15). The zero-order chi connectivity index (χ0) is 12.1. The van der Waals surface area contributed by atoms with E-state index in [0.29, 0.717) is 17.9 Å². The maximum atomic E-state index is 12.3. The van der Waals surface area contributed by atoms with Crippen LogP contribution in [-0.4, -0.2) is 21.4 Å². The van der Waals surface area contributed by atoms with E-state index in [1.54, 1.807) is 7.05 Å². The van der Waals surface area contributed by atoms with Crippen molar-refractivity contribution in [2.24, 2.45) is 7.05 Å². The Morgan fingerprint density at radius 2 is 2.38 bits per heavy atom. The monoisotopic (exact) mass is 249 g/mol.